The van der Waals surface area contributed by atoms with Crippen LogP contribution < -0.4 is 0 Å². The number of hydrogen-bond donors (Lipinski definition) is 1. The van der Waals surface area contributed by atoms with Gasteiger partial charge in [0.1, 0.15) is 11.3 Å². The summed E-state index contributed by atoms with van der Waals surface area (Å²) in [6.07, 6.45) is 2.64. The van der Waals surface area contributed by atoms with Gasteiger partial charge in [0.15, 0.2) is 0 Å². The summed E-state index contributed by atoms with van der Waals surface area (Å²) >= 11 is 0. The second-order valence-corrected chi connectivity index (χ2v) is 6.55. The molecule has 1 amide bonds. The van der Waals surface area contributed by atoms with Crippen LogP contribution in [0, 0.1) is 11.3 Å². The van der Waals surface area contributed by atoms with Gasteiger partial charge in [-0.15, -0.1) is 5.10 Å². The first kappa shape index (κ1) is 18.4. The Morgan fingerprint density at radius 3 is 2.92 bits per heavy atom. The lowest BCUT2D eigenvalue weighted by Gasteiger charge is -2.24. The number of rotatable bonds is 7. The fraction of sp³-hybridized carbons (Fsp3) is 0.750. The molecule has 0 aromatic carbocycles. The highest BCUT2D eigenvalue weighted by Gasteiger charge is 2.40. The van der Waals surface area contributed by atoms with Gasteiger partial charge in [0.25, 0.3) is 0 Å². The molecule has 1 aliphatic rings. The molecule has 8 heteroatoms. The third-order valence-corrected chi connectivity index (χ3v) is 4.43. The SMILES string of the molecule is CCN(CCC#N)C(=O)CN1CCC(O)(c2cn(C(C)C)nn2)C1. The number of amides is 1. The Morgan fingerprint density at radius 1 is 1.58 bits per heavy atom. The van der Waals surface area contributed by atoms with E-state index in [1.54, 1.807) is 15.8 Å². The Labute approximate surface area is 142 Å². The number of carbonyl (C=O) groups is 1. The molecule has 1 aromatic heterocycles. The second kappa shape index (κ2) is 7.73. The number of aromatic nitrogens is 3. The molecule has 2 heterocycles. The normalized spacial score (nSPS) is 21.2. The quantitative estimate of drug-likeness (QED) is 0.780. The first-order valence-corrected chi connectivity index (χ1v) is 8.41. The lowest BCUT2D eigenvalue weighted by molar-refractivity contribution is -0.132. The van der Waals surface area contributed by atoms with Gasteiger partial charge in [-0.05, 0) is 27.2 Å². The molecule has 8 nitrogen and oxygen atoms in total. The molecule has 0 bridgehead atoms. The third kappa shape index (κ3) is 4.10. The molecule has 2 rings (SSSR count). The van der Waals surface area contributed by atoms with E-state index in [0.29, 0.717) is 44.7 Å². The maximum atomic E-state index is 12.3. The topological polar surface area (TPSA) is 98.3 Å². The van der Waals surface area contributed by atoms with Gasteiger partial charge in [0.05, 0.1) is 25.2 Å². The van der Waals surface area contributed by atoms with E-state index >= 15 is 0 Å². The zero-order valence-corrected chi connectivity index (χ0v) is 14.6. The fourth-order valence-electron chi connectivity index (χ4n) is 2.89. The highest BCUT2D eigenvalue weighted by molar-refractivity contribution is 5.78. The lowest BCUT2D eigenvalue weighted by Crippen LogP contribution is -2.41. The first-order valence-electron chi connectivity index (χ1n) is 8.41. The molecule has 132 valence electrons. The Balaban J connectivity index is 1.96. The molecular formula is C16H26N6O2. The lowest BCUT2D eigenvalue weighted by atomic mass is 10.00. The summed E-state index contributed by atoms with van der Waals surface area (Å²) in [5.41, 5.74) is -0.500. The maximum absolute atomic E-state index is 12.3. The number of nitrogens with zero attached hydrogens (tertiary/aromatic N) is 6. The van der Waals surface area contributed by atoms with Crippen molar-refractivity contribution in [1.29, 1.82) is 5.26 Å². The van der Waals surface area contributed by atoms with Gasteiger partial charge in [-0.1, -0.05) is 5.21 Å². The van der Waals surface area contributed by atoms with E-state index in [-0.39, 0.29) is 18.5 Å². The van der Waals surface area contributed by atoms with Gasteiger partial charge >= 0.3 is 0 Å². The van der Waals surface area contributed by atoms with Crippen LogP contribution in [0.25, 0.3) is 0 Å². The Morgan fingerprint density at radius 2 is 2.33 bits per heavy atom. The zero-order valence-electron chi connectivity index (χ0n) is 14.6. The third-order valence-electron chi connectivity index (χ3n) is 4.43. The largest absolute Gasteiger partial charge is 0.382 e. The molecule has 1 aromatic rings. The van der Waals surface area contributed by atoms with Crippen LogP contribution in [-0.2, 0) is 10.4 Å². The molecule has 1 N–H and O–H groups in total. The predicted octanol–water partition coefficient (Wildman–Crippen LogP) is 0.514. The van der Waals surface area contributed by atoms with Crippen molar-refractivity contribution in [3.05, 3.63) is 11.9 Å². The second-order valence-electron chi connectivity index (χ2n) is 6.55. The van der Waals surface area contributed by atoms with Crippen LogP contribution in [0.5, 0.6) is 0 Å². The molecule has 1 unspecified atom stereocenters. The summed E-state index contributed by atoms with van der Waals surface area (Å²) in [5, 5.41) is 27.7. The number of carbonyl (C=O) groups excluding carboxylic acids is 1. The van der Waals surface area contributed by atoms with Gasteiger partial charge in [-0.25, -0.2) is 4.68 Å². The van der Waals surface area contributed by atoms with Crippen molar-refractivity contribution in [2.45, 2.75) is 45.3 Å². The van der Waals surface area contributed by atoms with E-state index < -0.39 is 5.60 Å². The number of β-amino-alcohol motifs (C(OH)–C–C–N with tert-alkyl or cyclic N) is 1. The van der Waals surface area contributed by atoms with Gasteiger partial charge in [0, 0.05) is 32.2 Å². The van der Waals surface area contributed by atoms with Crippen molar-refractivity contribution >= 4 is 5.91 Å². The van der Waals surface area contributed by atoms with E-state index in [9.17, 15) is 9.90 Å². The Kier molecular flexibility index (Phi) is 5.91. The van der Waals surface area contributed by atoms with Crippen LogP contribution in [-0.4, -0.2) is 68.5 Å². The summed E-state index contributed by atoms with van der Waals surface area (Å²) in [5.74, 6) is -0.0113. The number of likely N-dealkylation sites (tertiary alicyclic amines) is 1. The van der Waals surface area contributed by atoms with E-state index in [1.807, 2.05) is 25.7 Å². The van der Waals surface area contributed by atoms with Gasteiger partial charge < -0.3 is 10.0 Å². The van der Waals surface area contributed by atoms with Gasteiger partial charge in [0.2, 0.25) is 5.91 Å². The van der Waals surface area contributed by atoms with Crippen molar-refractivity contribution in [3.63, 3.8) is 0 Å². The maximum Gasteiger partial charge on any atom is 0.236 e. The highest BCUT2D eigenvalue weighted by Crippen LogP contribution is 2.30. The van der Waals surface area contributed by atoms with E-state index in [2.05, 4.69) is 16.4 Å². The number of hydrogen-bond acceptors (Lipinski definition) is 6. The van der Waals surface area contributed by atoms with Crippen LogP contribution >= 0.6 is 0 Å². The average Bonchev–Trinajstić information content (AvgIpc) is 3.16. The minimum Gasteiger partial charge on any atom is -0.382 e. The van der Waals surface area contributed by atoms with E-state index in [1.165, 1.54) is 0 Å². The smallest absolute Gasteiger partial charge is 0.236 e. The van der Waals surface area contributed by atoms with Crippen molar-refractivity contribution < 1.29 is 9.90 Å². The molecule has 0 aliphatic carbocycles. The summed E-state index contributed by atoms with van der Waals surface area (Å²) < 4.78 is 1.72. The average molecular weight is 334 g/mol. The van der Waals surface area contributed by atoms with Crippen molar-refractivity contribution in [3.8, 4) is 6.07 Å². The fourth-order valence-corrected chi connectivity index (χ4v) is 2.89. The molecule has 24 heavy (non-hydrogen) atoms. The molecule has 0 spiro atoms. The van der Waals surface area contributed by atoms with E-state index in [0.717, 1.165) is 0 Å². The van der Waals surface area contributed by atoms with Gasteiger partial charge in [-0.2, -0.15) is 5.26 Å². The zero-order chi connectivity index (χ0) is 17.7. The number of likely N-dealkylation sites (N-methyl/N-ethyl adjacent to an activating group) is 1. The monoisotopic (exact) mass is 334 g/mol. The van der Waals surface area contributed by atoms with Crippen molar-refractivity contribution in [1.82, 2.24) is 24.8 Å². The minimum absolute atomic E-state index is 0.0113. The Hall–Kier alpha value is -1.98. The summed E-state index contributed by atoms with van der Waals surface area (Å²) in [6, 6.07) is 2.25. The molecule has 1 aliphatic heterocycles. The summed E-state index contributed by atoms with van der Waals surface area (Å²) in [6.45, 7) is 8.19. The van der Waals surface area contributed by atoms with Crippen LogP contribution in [0.1, 0.15) is 45.3 Å². The number of nitriles is 1. The van der Waals surface area contributed by atoms with Crippen LogP contribution in [0.3, 0.4) is 0 Å². The predicted molar refractivity (Wildman–Crippen MR) is 87.8 cm³/mol. The summed E-state index contributed by atoms with van der Waals surface area (Å²) in [7, 11) is 0. The van der Waals surface area contributed by atoms with E-state index in [4.69, 9.17) is 5.26 Å². The molecule has 0 radical (unpaired) electrons. The van der Waals surface area contributed by atoms with Gasteiger partial charge in [-0.3, -0.25) is 9.69 Å². The molecule has 1 fully saturated rings. The van der Waals surface area contributed by atoms with Crippen molar-refractivity contribution in [2.75, 3.05) is 32.7 Å². The summed E-state index contributed by atoms with van der Waals surface area (Å²) in [4.78, 5) is 16.0. The molecule has 1 atom stereocenters. The number of aliphatic hydroxyl groups is 1. The van der Waals surface area contributed by atoms with Crippen LogP contribution in [0.2, 0.25) is 0 Å². The Bertz CT molecular complexity index is 608. The van der Waals surface area contributed by atoms with Crippen molar-refractivity contribution in [2.24, 2.45) is 0 Å². The molecule has 0 saturated carbocycles. The van der Waals surface area contributed by atoms with Crippen LogP contribution in [0.4, 0.5) is 0 Å². The standard InChI is InChI=1S/C16H26N6O2/c1-4-21(8-5-7-17)15(23)11-20-9-6-16(24,12-20)14-10-22(13(2)3)19-18-14/h10,13,24H,4-6,8-9,11-12H2,1-3H3. The van der Waals surface area contributed by atoms with Crippen LogP contribution in [0.15, 0.2) is 6.20 Å². The molecular weight excluding hydrogens is 308 g/mol. The minimum atomic E-state index is -1.06. The first-order chi connectivity index (χ1) is 11.4. The molecule has 1 saturated heterocycles. The highest BCUT2D eigenvalue weighted by atomic mass is 16.3.